The van der Waals surface area contributed by atoms with Crippen molar-refractivity contribution in [2.24, 2.45) is 0 Å². The number of rotatable bonds is 4. The first kappa shape index (κ1) is 11.9. The van der Waals surface area contributed by atoms with Gasteiger partial charge in [0, 0.05) is 11.9 Å². The summed E-state index contributed by atoms with van der Waals surface area (Å²) in [5, 5.41) is 3.97. The third-order valence-corrected chi connectivity index (χ3v) is 2.75. The molecule has 3 heteroatoms. The van der Waals surface area contributed by atoms with Gasteiger partial charge in [0.15, 0.2) is 0 Å². The van der Waals surface area contributed by atoms with Gasteiger partial charge in [-0.05, 0) is 30.2 Å². The molecule has 1 aromatic carbocycles. The van der Waals surface area contributed by atoms with Crippen molar-refractivity contribution in [1.29, 1.82) is 0 Å². The van der Waals surface area contributed by atoms with E-state index in [1.165, 1.54) is 5.56 Å². The summed E-state index contributed by atoms with van der Waals surface area (Å²) >= 11 is 5.81. The lowest BCUT2D eigenvalue weighted by molar-refractivity contribution is 0.923. The number of nitrogens with zero attached hydrogens (tertiary/aromatic N) is 1. The average Bonchev–Trinajstić information content (AvgIpc) is 2.35. The van der Waals surface area contributed by atoms with E-state index in [0.717, 1.165) is 24.3 Å². The first-order valence-electron chi connectivity index (χ1n) is 5.76. The third kappa shape index (κ3) is 3.21. The minimum absolute atomic E-state index is 0.650. The Hall–Kier alpha value is -1.54. The number of hydrogen-bond acceptors (Lipinski definition) is 2. The number of halogens is 1. The molecule has 0 unspecified atom stereocenters. The van der Waals surface area contributed by atoms with E-state index >= 15 is 0 Å². The van der Waals surface area contributed by atoms with Crippen molar-refractivity contribution < 1.29 is 0 Å². The number of hydrogen-bond donors (Lipinski definition) is 1. The number of aryl methyl sites for hydroxylation is 1. The van der Waals surface area contributed by atoms with E-state index < -0.39 is 0 Å². The Labute approximate surface area is 107 Å². The second-order valence-corrected chi connectivity index (χ2v) is 4.33. The van der Waals surface area contributed by atoms with Crippen LogP contribution in [-0.2, 0) is 6.42 Å². The highest BCUT2D eigenvalue weighted by Gasteiger charge is 2.01. The lowest BCUT2D eigenvalue weighted by atomic mass is 10.1. The molecule has 0 fully saturated rings. The molecule has 1 heterocycles. The molecule has 0 amide bonds. The van der Waals surface area contributed by atoms with Crippen molar-refractivity contribution in [3.63, 3.8) is 0 Å². The summed E-state index contributed by atoms with van der Waals surface area (Å²) < 4.78 is 0. The molecule has 0 saturated carbocycles. The van der Waals surface area contributed by atoms with Crippen LogP contribution in [0.5, 0.6) is 0 Å². The van der Waals surface area contributed by atoms with E-state index in [2.05, 4.69) is 35.4 Å². The summed E-state index contributed by atoms with van der Waals surface area (Å²) in [7, 11) is 0. The summed E-state index contributed by atoms with van der Waals surface area (Å²) in [6.07, 6.45) is 3.84. The highest BCUT2D eigenvalue weighted by atomic mass is 35.5. The molecule has 0 bridgehead atoms. The van der Waals surface area contributed by atoms with Crippen molar-refractivity contribution in [1.82, 2.24) is 4.98 Å². The van der Waals surface area contributed by atoms with E-state index in [1.54, 1.807) is 6.20 Å². The van der Waals surface area contributed by atoms with Crippen LogP contribution in [0.1, 0.15) is 18.9 Å². The van der Waals surface area contributed by atoms with Crippen molar-refractivity contribution in [2.75, 3.05) is 5.32 Å². The molecule has 88 valence electrons. The summed E-state index contributed by atoms with van der Waals surface area (Å²) in [4.78, 5) is 4.23. The van der Waals surface area contributed by atoms with Gasteiger partial charge in [-0.2, -0.15) is 0 Å². The van der Waals surface area contributed by atoms with Crippen LogP contribution >= 0.6 is 11.6 Å². The average molecular weight is 247 g/mol. The largest absolute Gasteiger partial charge is 0.340 e. The number of aromatic nitrogens is 1. The maximum absolute atomic E-state index is 5.81. The molecule has 2 aromatic rings. The number of anilines is 2. The molecule has 0 saturated heterocycles. The van der Waals surface area contributed by atoms with Crippen LogP contribution in [0.2, 0.25) is 5.02 Å². The van der Waals surface area contributed by atoms with Gasteiger partial charge in [-0.1, -0.05) is 43.1 Å². The van der Waals surface area contributed by atoms with Gasteiger partial charge in [0.25, 0.3) is 0 Å². The maximum Gasteiger partial charge on any atom is 0.130 e. The van der Waals surface area contributed by atoms with Crippen LogP contribution in [-0.4, -0.2) is 4.98 Å². The van der Waals surface area contributed by atoms with E-state index in [0.29, 0.717) is 5.02 Å². The molecule has 2 nitrogen and oxygen atoms in total. The molecule has 0 atom stereocenters. The molecular formula is C14H15ClN2. The predicted octanol–water partition coefficient (Wildman–Crippen LogP) is 4.43. The summed E-state index contributed by atoms with van der Waals surface area (Å²) in [6, 6.07) is 12.0. The molecular weight excluding hydrogens is 232 g/mol. The Morgan fingerprint density at radius 2 is 2.00 bits per heavy atom. The van der Waals surface area contributed by atoms with Gasteiger partial charge in [-0.15, -0.1) is 0 Å². The fraction of sp³-hybridized carbons (Fsp3) is 0.214. The molecule has 0 aliphatic carbocycles. The molecule has 0 spiro atoms. The van der Waals surface area contributed by atoms with Gasteiger partial charge < -0.3 is 5.32 Å². The summed E-state index contributed by atoms with van der Waals surface area (Å²) in [6.45, 7) is 2.18. The van der Waals surface area contributed by atoms with Gasteiger partial charge >= 0.3 is 0 Å². The van der Waals surface area contributed by atoms with Crippen LogP contribution < -0.4 is 5.32 Å². The molecule has 17 heavy (non-hydrogen) atoms. The first-order chi connectivity index (χ1) is 8.29. The Kier molecular flexibility index (Phi) is 3.99. The van der Waals surface area contributed by atoms with Crippen LogP contribution in [0.15, 0.2) is 42.6 Å². The minimum atomic E-state index is 0.650. The fourth-order valence-corrected chi connectivity index (χ4v) is 1.83. The fourth-order valence-electron chi connectivity index (χ4n) is 1.72. The Balaban J connectivity index is 2.20. The second kappa shape index (κ2) is 5.69. The molecule has 1 aromatic heterocycles. The van der Waals surface area contributed by atoms with Gasteiger partial charge in [0.1, 0.15) is 5.82 Å². The quantitative estimate of drug-likeness (QED) is 0.863. The van der Waals surface area contributed by atoms with Crippen LogP contribution in [0.3, 0.4) is 0 Å². The lowest BCUT2D eigenvalue weighted by Crippen LogP contribution is -1.97. The van der Waals surface area contributed by atoms with Crippen molar-refractivity contribution in [3.8, 4) is 0 Å². The molecule has 0 radical (unpaired) electrons. The standard InChI is InChI=1S/C14H15ClN2/c1-2-5-11-6-3-4-7-13(11)17-14-9-8-12(15)10-16-14/h3-4,6-10H,2,5H2,1H3,(H,16,17). The van der Waals surface area contributed by atoms with Crippen LogP contribution in [0, 0.1) is 0 Å². The van der Waals surface area contributed by atoms with Gasteiger partial charge in [-0.25, -0.2) is 4.98 Å². The van der Waals surface area contributed by atoms with Gasteiger partial charge in [0.2, 0.25) is 0 Å². The lowest BCUT2D eigenvalue weighted by Gasteiger charge is -2.10. The number of nitrogens with one attached hydrogen (secondary N) is 1. The van der Waals surface area contributed by atoms with E-state index in [1.807, 2.05) is 18.2 Å². The van der Waals surface area contributed by atoms with Gasteiger partial charge in [0.05, 0.1) is 5.02 Å². The zero-order valence-electron chi connectivity index (χ0n) is 9.78. The number of pyridine rings is 1. The highest BCUT2D eigenvalue weighted by molar-refractivity contribution is 6.30. The first-order valence-corrected chi connectivity index (χ1v) is 6.14. The minimum Gasteiger partial charge on any atom is -0.340 e. The Morgan fingerprint density at radius 1 is 1.18 bits per heavy atom. The van der Waals surface area contributed by atoms with E-state index in [4.69, 9.17) is 11.6 Å². The van der Waals surface area contributed by atoms with Crippen LogP contribution in [0.4, 0.5) is 11.5 Å². The van der Waals surface area contributed by atoms with E-state index in [9.17, 15) is 0 Å². The number of benzene rings is 1. The summed E-state index contributed by atoms with van der Waals surface area (Å²) in [5.74, 6) is 0.818. The zero-order valence-corrected chi connectivity index (χ0v) is 10.5. The van der Waals surface area contributed by atoms with Gasteiger partial charge in [-0.3, -0.25) is 0 Å². The third-order valence-electron chi connectivity index (χ3n) is 2.53. The molecule has 2 rings (SSSR count). The second-order valence-electron chi connectivity index (χ2n) is 3.89. The maximum atomic E-state index is 5.81. The van der Waals surface area contributed by atoms with Crippen LogP contribution in [0.25, 0.3) is 0 Å². The summed E-state index contributed by atoms with van der Waals surface area (Å²) in [5.41, 5.74) is 2.43. The topological polar surface area (TPSA) is 24.9 Å². The van der Waals surface area contributed by atoms with Crippen molar-refractivity contribution in [2.45, 2.75) is 19.8 Å². The van der Waals surface area contributed by atoms with E-state index in [-0.39, 0.29) is 0 Å². The molecule has 1 N–H and O–H groups in total. The van der Waals surface area contributed by atoms with Crippen molar-refractivity contribution in [3.05, 3.63) is 53.2 Å². The monoisotopic (exact) mass is 246 g/mol. The zero-order chi connectivity index (χ0) is 12.1. The molecule has 0 aliphatic heterocycles. The smallest absolute Gasteiger partial charge is 0.130 e. The Bertz CT molecular complexity index is 480. The number of para-hydroxylation sites is 1. The van der Waals surface area contributed by atoms with Crippen molar-refractivity contribution >= 4 is 23.1 Å². The molecule has 0 aliphatic rings. The normalized spacial score (nSPS) is 10.2. The Morgan fingerprint density at radius 3 is 2.71 bits per heavy atom. The predicted molar refractivity (Wildman–Crippen MR) is 73.0 cm³/mol. The SMILES string of the molecule is CCCc1ccccc1Nc1ccc(Cl)cn1. The highest BCUT2D eigenvalue weighted by Crippen LogP contribution is 2.21.